The van der Waals surface area contributed by atoms with Gasteiger partial charge in [-0.05, 0) is 77.0 Å². The maximum absolute atomic E-state index is 12.6. The minimum absolute atomic E-state index is 0.171. The summed E-state index contributed by atoms with van der Waals surface area (Å²) in [5.74, 6) is -0.944. The van der Waals surface area contributed by atoms with Gasteiger partial charge < -0.3 is 24.6 Å². The summed E-state index contributed by atoms with van der Waals surface area (Å²) < 4.78 is 32.8. The summed E-state index contributed by atoms with van der Waals surface area (Å²) in [6.45, 7) is 2.25. The second-order valence-electron chi connectivity index (χ2n) is 15.4. The summed E-state index contributed by atoms with van der Waals surface area (Å²) in [5, 5.41) is 18.4. The highest BCUT2D eigenvalue weighted by atomic mass is 31.2. The van der Waals surface area contributed by atoms with Crippen LogP contribution in [0.2, 0.25) is 0 Å². The van der Waals surface area contributed by atoms with Crippen LogP contribution in [0.5, 0.6) is 0 Å². The number of phosphoric acid groups is 1. The summed E-state index contributed by atoms with van der Waals surface area (Å²) in [6.07, 6.45) is 48.9. The lowest BCUT2D eigenvalue weighted by Gasteiger charge is -2.20. The first-order valence-corrected chi connectivity index (χ1v) is 24.7. The van der Waals surface area contributed by atoms with Gasteiger partial charge in [0.1, 0.15) is 12.7 Å². The fourth-order valence-corrected chi connectivity index (χ4v) is 6.89. The van der Waals surface area contributed by atoms with E-state index in [1.54, 1.807) is 0 Å². The molecule has 3 atom stereocenters. The van der Waals surface area contributed by atoms with Gasteiger partial charge in [0, 0.05) is 12.8 Å². The number of hydrogen-bond donors (Lipinski definition) is 3. The Morgan fingerprint density at radius 2 is 0.932 bits per heavy atom. The number of carbonyl (C=O) groups is 2. The van der Waals surface area contributed by atoms with Gasteiger partial charge in [0.15, 0.2) is 6.10 Å². The predicted octanol–water partition coefficient (Wildman–Crippen LogP) is 12.7. The second kappa shape index (κ2) is 43.7. The molecule has 0 aromatic rings. The van der Waals surface area contributed by atoms with Gasteiger partial charge in [-0.25, -0.2) is 4.57 Å². The number of unbranched alkanes of at least 4 members (excludes halogenated alkanes) is 19. The molecule has 0 rings (SSSR count). The molecule has 342 valence electrons. The van der Waals surface area contributed by atoms with E-state index < -0.39 is 51.8 Å². The molecule has 3 N–H and O–H groups in total. The van der Waals surface area contributed by atoms with Crippen LogP contribution in [0.15, 0.2) is 60.8 Å². The van der Waals surface area contributed by atoms with E-state index in [0.717, 1.165) is 89.9 Å². The number of ether oxygens (including phenoxy) is 2. The molecule has 0 heterocycles. The van der Waals surface area contributed by atoms with Crippen molar-refractivity contribution in [1.82, 2.24) is 0 Å². The van der Waals surface area contributed by atoms with Crippen molar-refractivity contribution in [3.05, 3.63) is 60.8 Å². The molecule has 0 saturated carbocycles. The van der Waals surface area contributed by atoms with Crippen molar-refractivity contribution in [3.8, 4) is 0 Å². The van der Waals surface area contributed by atoms with Gasteiger partial charge in [-0.1, -0.05) is 164 Å². The van der Waals surface area contributed by atoms with E-state index in [9.17, 15) is 24.2 Å². The molecule has 0 fully saturated rings. The van der Waals surface area contributed by atoms with Crippen molar-refractivity contribution in [2.45, 2.75) is 206 Å². The van der Waals surface area contributed by atoms with Gasteiger partial charge in [0.25, 0.3) is 0 Å². The average Bonchev–Trinajstić information content (AvgIpc) is 3.22. The topological polar surface area (TPSA) is 149 Å². The lowest BCUT2D eigenvalue weighted by Crippen LogP contribution is -2.29. The van der Waals surface area contributed by atoms with Gasteiger partial charge in [0.05, 0.1) is 19.8 Å². The van der Waals surface area contributed by atoms with Crippen LogP contribution < -0.4 is 0 Å². The first-order chi connectivity index (χ1) is 28.7. The molecule has 3 unspecified atom stereocenters. The summed E-state index contributed by atoms with van der Waals surface area (Å²) in [7, 11) is -4.63. The molecule has 0 spiro atoms. The molecule has 0 aliphatic carbocycles. The van der Waals surface area contributed by atoms with Crippen molar-refractivity contribution >= 4 is 19.8 Å². The number of aliphatic hydroxyl groups is 2. The molecule has 0 aromatic heterocycles. The highest BCUT2D eigenvalue weighted by Gasteiger charge is 2.27. The fraction of sp³-hybridized carbons (Fsp3) is 0.750. The van der Waals surface area contributed by atoms with Crippen LogP contribution in [-0.2, 0) is 32.7 Å². The second-order valence-corrected chi connectivity index (χ2v) is 16.8. The van der Waals surface area contributed by atoms with Crippen LogP contribution in [0, 0.1) is 0 Å². The Kier molecular flexibility index (Phi) is 42.0. The molecule has 0 amide bonds. The van der Waals surface area contributed by atoms with Crippen molar-refractivity contribution in [2.75, 3.05) is 26.4 Å². The number of aliphatic hydroxyl groups excluding tert-OH is 2. The van der Waals surface area contributed by atoms with E-state index in [2.05, 4.69) is 74.6 Å². The molecule has 0 aromatic carbocycles. The van der Waals surface area contributed by atoms with Crippen LogP contribution in [0.3, 0.4) is 0 Å². The van der Waals surface area contributed by atoms with Crippen LogP contribution in [0.25, 0.3) is 0 Å². The van der Waals surface area contributed by atoms with E-state index in [1.165, 1.54) is 64.2 Å². The van der Waals surface area contributed by atoms with Crippen molar-refractivity contribution in [1.29, 1.82) is 0 Å². The van der Waals surface area contributed by atoms with E-state index in [0.29, 0.717) is 12.8 Å². The van der Waals surface area contributed by atoms with Gasteiger partial charge in [-0.3, -0.25) is 18.6 Å². The summed E-state index contributed by atoms with van der Waals surface area (Å²) in [4.78, 5) is 35.1. The summed E-state index contributed by atoms with van der Waals surface area (Å²) >= 11 is 0. The van der Waals surface area contributed by atoms with Gasteiger partial charge in [-0.2, -0.15) is 0 Å². The van der Waals surface area contributed by atoms with Crippen LogP contribution in [0.4, 0.5) is 0 Å². The Labute approximate surface area is 359 Å². The minimum atomic E-state index is -4.63. The zero-order valence-electron chi connectivity index (χ0n) is 37.2. The van der Waals surface area contributed by atoms with Crippen molar-refractivity contribution in [3.63, 3.8) is 0 Å². The Balaban J connectivity index is 4.27. The SMILES string of the molecule is CC/C=C\C/C=C\C/C=C\C/C=C\CCCCCCCCCCC(=O)OC(COC(=O)CCCCCCC/C=C\CCCCCCCC)COP(=O)(O)OCC(O)CO. The molecular formula is C48H85O10P. The quantitative estimate of drug-likeness (QED) is 0.0234. The Morgan fingerprint density at radius 3 is 1.42 bits per heavy atom. The van der Waals surface area contributed by atoms with Gasteiger partial charge in [-0.15, -0.1) is 0 Å². The zero-order valence-corrected chi connectivity index (χ0v) is 38.1. The lowest BCUT2D eigenvalue weighted by atomic mass is 10.1. The smallest absolute Gasteiger partial charge is 0.462 e. The highest BCUT2D eigenvalue weighted by Crippen LogP contribution is 2.43. The molecule has 0 aliphatic heterocycles. The number of rotatable bonds is 43. The number of esters is 2. The first kappa shape index (κ1) is 56.7. The van der Waals surface area contributed by atoms with E-state index in [1.807, 2.05) is 0 Å². The van der Waals surface area contributed by atoms with E-state index in [4.69, 9.17) is 23.6 Å². The largest absolute Gasteiger partial charge is 0.472 e. The molecule has 59 heavy (non-hydrogen) atoms. The van der Waals surface area contributed by atoms with Crippen LogP contribution in [0.1, 0.15) is 194 Å². The van der Waals surface area contributed by atoms with E-state index >= 15 is 0 Å². The van der Waals surface area contributed by atoms with Crippen molar-refractivity contribution < 1.29 is 47.8 Å². The number of allylic oxidation sites excluding steroid dienone is 10. The molecule has 0 saturated heterocycles. The summed E-state index contributed by atoms with van der Waals surface area (Å²) in [6, 6.07) is 0. The third-order valence-corrected chi connectivity index (χ3v) is 10.6. The Bertz CT molecular complexity index is 1160. The lowest BCUT2D eigenvalue weighted by molar-refractivity contribution is -0.161. The molecule has 10 nitrogen and oxygen atoms in total. The van der Waals surface area contributed by atoms with Crippen molar-refractivity contribution in [2.24, 2.45) is 0 Å². The maximum atomic E-state index is 12.6. The van der Waals surface area contributed by atoms with Gasteiger partial charge in [0.2, 0.25) is 0 Å². The number of hydrogen-bond acceptors (Lipinski definition) is 9. The molecule has 0 aliphatic rings. The van der Waals surface area contributed by atoms with Crippen LogP contribution in [-0.4, -0.2) is 65.7 Å². The highest BCUT2D eigenvalue weighted by molar-refractivity contribution is 7.47. The molecule has 11 heteroatoms. The molecule has 0 radical (unpaired) electrons. The third kappa shape index (κ3) is 43.6. The number of phosphoric ester groups is 1. The molecular weight excluding hydrogens is 767 g/mol. The average molecular weight is 853 g/mol. The maximum Gasteiger partial charge on any atom is 0.472 e. The monoisotopic (exact) mass is 853 g/mol. The van der Waals surface area contributed by atoms with E-state index in [-0.39, 0.29) is 19.4 Å². The first-order valence-electron chi connectivity index (χ1n) is 23.2. The fourth-order valence-electron chi connectivity index (χ4n) is 6.10. The Morgan fingerprint density at radius 1 is 0.525 bits per heavy atom. The normalized spacial score (nSPS) is 14.3. The Hall–Kier alpha value is -2.33. The predicted molar refractivity (Wildman–Crippen MR) is 242 cm³/mol. The summed E-state index contributed by atoms with van der Waals surface area (Å²) in [5.41, 5.74) is 0. The minimum Gasteiger partial charge on any atom is -0.462 e. The van der Waals surface area contributed by atoms with Crippen LogP contribution >= 0.6 is 7.82 Å². The number of carbonyl (C=O) groups excluding carboxylic acids is 2. The standard InChI is InChI=1S/C48H85O10P/c1-3-5-7-9-11-13-15-17-19-20-21-22-23-24-26-28-30-32-34-36-38-40-48(52)58-46(44-57-59(53,54)56-42-45(50)41-49)43-55-47(51)39-37-35-33-31-29-27-25-18-16-14-12-10-8-6-4-2/h5,7,11,13,17-19,21-22,25,45-46,49-50H,3-4,6,8-10,12,14-16,20,23-24,26-44H2,1-2H3,(H,53,54)/b7-5-,13-11-,19-17-,22-21-,25-18-. The van der Waals surface area contributed by atoms with Gasteiger partial charge >= 0.3 is 19.8 Å². The zero-order chi connectivity index (χ0) is 43.3. The third-order valence-electron chi connectivity index (χ3n) is 9.66. The molecule has 0 bridgehead atoms.